The molecule has 6 nitrogen and oxygen atoms in total. The number of hydrogen-bond acceptors (Lipinski definition) is 4. The smallest absolute Gasteiger partial charge is 0.220 e. The quantitative estimate of drug-likeness (QED) is 0.630. The number of unbranched alkanes of at least 4 members (excludes halogenated alkanes) is 1. The zero-order valence-corrected chi connectivity index (χ0v) is 16.4. The Morgan fingerprint density at radius 3 is 2.46 bits per heavy atom. The molecule has 0 aromatic heterocycles. The first-order valence-corrected chi connectivity index (χ1v) is 11.0. The van der Waals surface area contributed by atoms with Gasteiger partial charge in [0.15, 0.2) is 0 Å². The molecule has 1 fully saturated rings. The average Bonchev–Trinajstić information content (AvgIpc) is 2.66. The summed E-state index contributed by atoms with van der Waals surface area (Å²) in [5.74, 6) is 0.942. The first-order valence-electron chi connectivity index (χ1n) is 9.39. The van der Waals surface area contributed by atoms with Gasteiger partial charge in [0.1, 0.15) is 5.75 Å². The molecule has 0 bridgehead atoms. The van der Waals surface area contributed by atoms with Crippen molar-refractivity contribution in [2.45, 2.75) is 44.9 Å². The second-order valence-electron chi connectivity index (χ2n) is 6.68. The van der Waals surface area contributed by atoms with E-state index < -0.39 is 10.0 Å². The fourth-order valence-corrected chi connectivity index (χ4v) is 4.71. The number of hydrogen-bond donors (Lipinski definition) is 1. The number of carbonyl (C=O) groups is 1. The van der Waals surface area contributed by atoms with E-state index in [0.717, 1.165) is 37.0 Å². The maximum atomic E-state index is 12.2. The number of amides is 1. The Balaban J connectivity index is 1.58. The second-order valence-corrected chi connectivity index (χ2v) is 8.77. The number of rotatable bonds is 10. The molecule has 1 aromatic carbocycles. The fourth-order valence-electron chi connectivity index (χ4n) is 3.07. The Labute approximate surface area is 157 Å². The van der Waals surface area contributed by atoms with Crippen LogP contribution in [-0.4, -0.2) is 51.1 Å². The Bertz CT molecular complexity index is 653. The number of benzene rings is 1. The van der Waals surface area contributed by atoms with Gasteiger partial charge in [0.25, 0.3) is 0 Å². The molecule has 7 heteroatoms. The van der Waals surface area contributed by atoms with Crippen molar-refractivity contribution < 1.29 is 17.9 Å². The highest BCUT2D eigenvalue weighted by molar-refractivity contribution is 7.89. The second kappa shape index (κ2) is 10.5. The minimum atomic E-state index is -3.15. The van der Waals surface area contributed by atoms with Gasteiger partial charge >= 0.3 is 0 Å². The van der Waals surface area contributed by atoms with Crippen molar-refractivity contribution in [2.24, 2.45) is 0 Å². The number of sulfonamides is 1. The van der Waals surface area contributed by atoms with Crippen LogP contribution in [0.5, 0.6) is 5.75 Å². The Morgan fingerprint density at radius 2 is 1.81 bits per heavy atom. The lowest BCUT2D eigenvalue weighted by molar-refractivity contribution is -0.121. The summed E-state index contributed by atoms with van der Waals surface area (Å²) in [4.78, 5) is 11.9. The zero-order chi connectivity index (χ0) is 18.8. The summed E-state index contributed by atoms with van der Waals surface area (Å²) in [6.07, 6.45) is 5.29. The third-order valence-corrected chi connectivity index (χ3v) is 6.62. The molecule has 0 aliphatic carbocycles. The van der Waals surface area contributed by atoms with Gasteiger partial charge in [-0.3, -0.25) is 4.79 Å². The van der Waals surface area contributed by atoms with Crippen LogP contribution in [0.25, 0.3) is 0 Å². The van der Waals surface area contributed by atoms with Gasteiger partial charge in [-0.15, -0.1) is 0 Å². The summed E-state index contributed by atoms with van der Waals surface area (Å²) in [5, 5.41) is 2.89. The predicted molar refractivity (Wildman–Crippen MR) is 103 cm³/mol. The van der Waals surface area contributed by atoms with Crippen LogP contribution in [-0.2, 0) is 21.2 Å². The van der Waals surface area contributed by atoms with Crippen molar-refractivity contribution in [1.29, 1.82) is 0 Å². The van der Waals surface area contributed by atoms with E-state index in [4.69, 9.17) is 4.74 Å². The van der Waals surface area contributed by atoms with Gasteiger partial charge in [0.05, 0.1) is 12.9 Å². The molecule has 0 unspecified atom stereocenters. The monoisotopic (exact) mass is 382 g/mol. The molecule has 1 heterocycles. The van der Waals surface area contributed by atoms with Gasteiger partial charge in [-0.1, -0.05) is 18.6 Å². The number of piperidine rings is 1. The summed E-state index contributed by atoms with van der Waals surface area (Å²) in [6.45, 7) is 1.87. The average molecular weight is 383 g/mol. The van der Waals surface area contributed by atoms with E-state index >= 15 is 0 Å². The molecule has 26 heavy (non-hydrogen) atoms. The van der Waals surface area contributed by atoms with Crippen molar-refractivity contribution in [3.8, 4) is 5.75 Å². The fraction of sp³-hybridized carbons (Fsp3) is 0.632. The normalized spacial score (nSPS) is 15.6. The van der Waals surface area contributed by atoms with Crippen molar-refractivity contribution in [3.05, 3.63) is 29.8 Å². The number of nitrogens with zero attached hydrogens (tertiary/aromatic N) is 1. The third-order valence-electron chi connectivity index (χ3n) is 4.66. The number of ether oxygens (including phenoxy) is 1. The summed E-state index contributed by atoms with van der Waals surface area (Å²) < 4.78 is 31.2. The highest BCUT2D eigenvalue weighted by atomic mass is 32.2. The minimum Gasteiger partial charge on any atom is -0.497 e. The van der Waals surface area contributed by atoms with Crippen LogP contribution in [0.2, 0.25) is 0 Å². The molecule has 1 amide bonds. The SMILES string of the molecule is COc1ccc(CCNC(=O)CCCCS(=O)(=O)N2CCCCC2)cc1. The first kappa shape index (κ1) is 20.7. The summed E-state index contributed by atoms with van der Waals surface area (Å²) in [5.41, 5.74) is 1.14. The molecule has 1 aromatic rings. The Morgan fingerprint density at radius 1 is 1.12 bits per heavy atom. The van der Waals surface area contributed by atoms with E-state index in [1.165, 1.54) is 0 Å². The predicted octanol–water partition coefficient (Wildman–Crippen LogP) is 2.34. The van der Waals surface area contributed by atoms with Crippen molar-refractivity contribution in [1.82, 2.24) is 9.62 Å². The van der Waals surface area contributed by atoms with Gasteiger partial charge in [0.2, 0.25) is 15.9 Å². The Hall–Kier alpha value is -1.60. The van der Waals surface area contributed by atoms with Gasteiger partial charge in [0, 0.05) is 26.1 Å². The van der Waals surface area contributed by atoms with E-state index in [1.807, 2.05) is 24.3 Å². The van der Waals surface area contributed by atoms with E-state index in [-0.39, 0.29) is 11.7 Å². The lowest BCUT2D eigenvalue weighted by Crippen LogP contribution is -2.37. The molecule has 1 aliphatic heterocycles. The molecule has 2 rings (SSSR count). The molecule has 0 spiro atoms. The Kier molecular flexibility index (Phi) is 8.38. The zero-order valence-electron chi connectivity index (χ0n) is 15.6. The van der Waals surface area contributed by atoms with Gasteiger partial charge in [-0.2, -0.15) is 0 Å². The number of methoxy groups -OCH3 is 1. The van der Waals surface area contributed by atoms with Gasteiger partial charge < -0.3 is 10.1 Å². The van der Waals surface area contributed by atoms with Crippen LogP contribution in [0.15, 0.2) is 24.3 Å². The van der Waals surface area contributed by atoms with Gasteiger partial charge in [-0.05, 0) is 49.8 Å². The lowest BCUT2D eigenvalue weighted by Gasteiger charge is -2.25. The van der Waals surface area contributed by atoms with Crippen molar-refractivity contribution in [2.75, 3.05) is 32.5 Å². The number of carbonyl (C=O) groups excluding carboxylic acids is 1. The highest BCUT2D eigenvalue weighted by Crippen LogP contribution is 2.15. The minimum absolute atomic E-state index is 0.0196. The van der Waals surface area contributed by atoms with E-state index in [2.05, 4.69) is 5.32 Å². The van der Waals surface area contributed by atoms with Gasteiger partial charge in [-0.25, -0.2) is 12.7 Å². The van der Waals surface area contributed by atoms with E-state index in [0.29, 0.717) is 38.9 Å². The number of nitrogens with one attached hydrogen (secondary N) is 1. The van der Waals surface area contributed by atoms with Crippen molar-refractivity contribution in [3.63, 3.8) is 0 Å². The molecule has 1 saturated heterocycles. The lowest BCUT2D eigenvalue weighted by atomic mass is 10.1. The molecule has 0 atom stereocenters. The third kappa shape index (κ3) is 6.96. The molecule has 0 saturated carbocycles. The highest BCUT2D eigenvalue weighted by Gasteiger charge is 2.23. The summed E-state index contributed by atoms with van der Waals surface area (Å²) >= 11 is 0. The molecular formula is C19H30N2O4S. The standard InChI is InChI=1S/C19H30N2O4S/c1-25-18-10-8-17(9-11-18)12-13-20-19(22)7-3-6-16-26(23,24)21-14-4-2-5-15-21/h8-11H,2-7,12-16H2,1H3,(H,20,22). The van der Waals surface area contributed by atoms with Crippen LogP contribution in [0, 0.1) is 0 Å². The molecular weight excluding hydrogens is 352 g/mol. The van der Waals surface area contributed by atoms with Crippen LogP contribution in [0.1, 0.15) is 44.1 Å². The van der Waals surface area contributed by atoms with Crippen LogP contribution in [0.3, 0.4) is 0 Å². The molecule has 1 N–H and O–H groups in total. The summed E-state index contributed by atoms with van der Waals surface area (Å²) in [7, 11) is -1.52. The van der Waals surface area contributed by atoms with Crippen LogP contribution in [0.4, 0.5) is 0 Å². The van der Waals surface area contributed by atoms with Crippen LogP contribution < -0.4 is 10.1 Å². The summed E-state index contributed by atoms with van der Waals surface area (Å²) in [6, 6.07) is 7.77. The first-order chi connectivity index (χ1) is 12.5. The van der Waals surface area contributed by atoms with Crippen molar-refractivity contribution >= 4 is 15.9 Å². The molecule has 0 radical (unpaired) electrons. The molecule has 146 valence electrons. The molecule has 1 aliphatic rings. The largest absolute Gasteiger partial charge is 0.497 e. The van der Waals surface area contributed by atoms with E-state index in [1.54, 1.807) is 11.4 Å². The maximum absolute atomic E-state index is 12.2. The van der Waals surface area contributed by atoms with Crippen LogP contribution >= 0.6 is 0 Å². The van der Waals surface area contributed by atoms with E-state index in [9.17, 15) is 13.2 Å². The topological polar surface area (TPSA) is 75.7 Å². The maximum Gasteiger partial charge on any atom is 0.220 e.